The molecule has 0 spiro atoms. The molecule has 0 aliphatic heterocycles. The van der Waals surface area contributed by atoms with Gasteiger partial charge in [0, 0.05) is 17.7 Å². The lowest BCUT2D eigenvalue weighted by atomic mass is 10.1. The first kappa shape index (κ1) is 30.3. The minimum atomic E-state index is -6.49. The van der Waals surface area contributed by atoms with Gasteiger partial charge in [-0.1, -0.05) is 24.8 Å². The zero-order chi connectivity index (χ0) is 27.3. The van der Waals surface area contributed by atoms with Gasteiger partial charge in [-0.05, 0) is 31.9 Å². The number of para-hydroxylation sites is 1. The molecule has 0 aromatic heterocycles. The molecule has 1 atom stereocenters. The van der Waals surface area contributed by atoms with Gasteiger partial charge < -0.3 is 14.8 Å². The van der Waals surface area contributed by atoms with Crippen LogP contribution in [0, 0.1) is 0 Å². The van der Waals surface area contributed by atoms with Crippen LogP contribution in [0.15, 0.2) is 42.5 Å². The third kappa shape index (κ3) is 7.14. The number of esters is 1. The summed E-state index contributed by atoms with van der Waals surface area (Å²) in [5.74, 6) is -13.3. The fourth-order valence-electron chi connectivity index (χ4n) is 2.36. The standard InChI is InChI=1S/C19H20F7NO7S/c1-12(2)14(28)34-17(18(22,23)24,15(29)27-13-8-4-3-5-9-13)33-11-7-6-10-16(20,21)19(25,26)35(30,31)32/h3-5,8-9H,1,6-7,10-11H2,2H3,(H,27,29)(H,30,31,32). The van der Waals surface area contributed by atoms with E-state index in [9.17, 15) is 48.7 Å². The summed E-state index contributed by atoms with van der Waals surface area (Å²) in [6, 6.07) is 6.57. The third-order valence-corrected chi connectivity index (χ3v) is 5.18. The minimum Gasteiger partial charge on any atom is -0.412 e. The van der Waals surface area contributed by atoms with Crippen LogP contribution in [0.2, 0.25) is 0 Å². The van der Waals surface area contributed by atoms with E-state index in [1.807, 2.05) is 5.32 Å². The summed E-state index contributed by atoms with van der Waals surface area (Å²) < 4.78 is 133. The molecule has 8 nitrogen and oxygen atoms in total. The molecule has 0 saturated heterocycles. The number of hydrogen-bond acceptors (Lipinski definition) is 6. The van der Waals surface area contributed by atoms with Crippen LogP contribution in [-0.2, 0) is 29.2 Å². The Morgan fingerprint density at radius 1 is 1.03 bits per heavy atom. The van der Waals surface area contributed by atoms with E-state index in [-0.39, 0.29) is 5.69 Å². The normalized spacial score (nSPS) is 14.7. The molecule has 1 amide bonds. The highest BCUT2D eigenvalue weighted by Gasteiger charge is 2.67. The number of carbonyl (C=O) groups excluding carboxylic acids is 2. The molecule has 35 heavy (non-hydrogen) atoms. The fraction of sp³-hybridized carbons (Fsp3) is 0.474. The highest BCUT2D eigenvalue weighted by atomic mass is 32.2. The maximum absolute atomic E-state index is 13.9. The zero-order valence-electron chi connectivity index (χ0n) is 17.9. The van der Waals surface area contributed by atoms with E-state index in [1.54, 1.807) is 0 Å². The zero-order valence-corrected chi connectivity index (χ0v) is 18.7. The van der Waals surface area contributed by atoms with Crippen LogP contribution >= 0.6 is 0 Å². The molecule has 1 aromatic rings. The van der Waals surface area contributed by atoms with Gasteiger partial charge in [0.25, 0.3) is 0 Å². The summed E-state index contributed by atoms with van der Waals surface area (Å²) in [6.45, 7) is 2.84. The first-order valence-electron chi connectivity index (χ1n) is 9.47. The first-order chi connectivity index (χ1) is 15.8. The SMILES string of the molecule is C=C(C)C(=O)OC(OCCCCC(F)(F)C(F)(F)S(=O)(=O)O)(C(=O)Nc1ccccc1)C(F)(F)F. The maximum atomic E-state index is 13.9. The average Bonchev–Trinajstić information content (AvgIpc) is 2.71. The van der Waals surface area contributed by atoms with Crippen molar-refractivity contribution >= 4 is 27.7 Å². The lowest BCUT2D eigenvalue weighted by molar-refractivity contribution is -0.345. The van der Waals surface area contributed by atoms with E-state index in [1.165, 1.54) is 30.3 Å². The number of rotatable bonds is 12. The number of amides is 1. The summed E-state index contributed by atoms with van der Waals surface area (Å²) in [5, 5.41) is -4.03. The van der Waals surface area contributed by atoms with Crippen LogP contribution in [-0.4, -0.2) is 54.6 Å². The monoisotopic (exact) mass is 539 g/mol. The second kappa shape index (κ2) is 10.9. The molecule has 0 fully saturated rings. The molecule has 1 unspecified atom stereocenters. The Morgan fingerprint density at radius 3 is 2.03 bits per heavy atom. The van der Waals surface area contributed by atoms with Crippen molar-refractivity contribution in [2.24, 2.45) is 0 Å². The Morgan fingerprint density at radius 2 is 1.57 bits per heavy atom. The molecule has 2 N–H and O–H groups in total. The molecular weight excluding hydrogens is 519 g/mol. The third-order valence-electron chi connectivity index (χ3n) is 4.23. The van der Waals surface area contributed by atoms with Crippen molar-refractivity contribution in [1.29, 1.82) is 0 Å². The fourth-order valence-corrected chi connectivity index (χ4v) is 2.84. The van der Waals surface area contributed by atoms with Gasteiger partial charge in [-0.25, -0.2) is 4.79 Å². The van der Waals surface area contributed by atoms with E-state index in [2.05, 4.69) is 16.1 Å². The molecule has 198 valence electrons. The summed E-state index contributed by atoms with van der Waals surface area (Å²) in [4.78, 5) is 24.4. The number of halogens is 7. The van der Waals surface area contributed by atoms with E-state index >= 15 is 0 Å². The van der Waals surface area contributed by atoms with Gasteiger partial charge in [-0.15, -0.1) is 0 Å². The number of anilines is 1. The Balaban J connectivity index is 3.09. The van der Waals surface area contributed by atoms with Crippen molar-refractivity contribution in [3.8, 4) is 0 Å². The summed E-state index contributed by atoms with van der Waals surface area (Å²) >= 11 is 0. The maximum Gasteiger partial charge on any atom is 0.466 e. The number of hydrogen-bond donors (Lipinski definition) is 2. The number of nitrogens with one attached hydrogen (secondary N) is 1. The van der Waals surface area contributed by atoms with Crippen molar-refractivity contribution in [1.82, 2.24) is 0 Å². The van der Waals surface area contributed by atoms with Gasteiger partial charge in [-0.3, -0.25) is 9.35 Å². The van der Waals surface area contributed by atoms with Crippen LogP contribution in [0.3, 0.4) is 0 Å². The summed E-state index contributed by atoms with van der Waals surface area (Å²) in [5.41, 5.74) is -0.713. The van der Waals surface area contributed by atoms with Crippen molar-refractivity contribution in [3.63, 3.8) is 0 Å². The number of benzene rings is 1. The predicted octanol–water partition coefficient (Wildman–Crippen LogP) is 4.31. The quantitative estimate of drug-likeness (QED) is 0.102. The molecule has 0 bridgehead atoms. The first-order valence-corrected chi connectivity index (χ1v) is 10.9. The van der Waals surface area contributed by atoms with Crippen molar-refractivity contribution in [2.75, 3.05) is 11.9 Å². The van der Waals surface area contributed by atoms with Crippen molar-refractivity contribution in [2.45, 2.75) is 49.3 Å². The van der Waals surface area contributed by atoms with Gasteiger partial charge in [-0.2, -0.15) is 39.2 Å². The van der Waals surface area contributed by atoms with E-state index < -0.39 is 76.6 Å². The van der Waals surface area contributed by atoms with Crippen molar-refractivity contribution < 1.29 is 62.8 Å². The molecule has 0 saturated carbocycles. The molecule has 0 aliphatic carbocycles. The Labute approximate surface area is 194 Å². The lowest BCUT2D eigenvalue weighted by Gasteiger charge is -2.33. The second-order valence-electron chi connectivity index (χ2n) is 7.11. The lowest BCUT2D eigenvalue weighted by Crippen LogP contribution is -2.59. The van der Waals surface area contributed by atoms with E-state index in [0.717, 1.165) is 6.92 Å². The largest absolute Gasteiger partial charge is 0.466 e. The summed E-state index contributed by atoms with van der Waals surface area (Å²) in [6.07, 6.45) is -9.48. The molecule has 0 aliphatic rings. The molecule has 16 heteroatoms. The number of unbranched alkanes of at least 4 members (excludes halogenated alkanes) is 1. The second-order valence-corrected chi connectivity index (χ2v) is 8.57. The molecule has 0 radical (unpaired) electrons. The van der Waals surface area contributed by atoms with Gasteiger partial charge in [0.1, 0.15) is 0 Å². The highest BCUT2D eigenvalue weighted by Crippen LogP contribution is 2.42. The van der Waals surface area contributed by atoms with Crippen LogP contribution in [0.5, 0.6) is 0 Å². The Bertz CT molecular complexity index is 1030. The molecule has 1 rings (SSSR count). The summed E-state index contributed by atoms with van der Waals surface area (Å²) in [7, 11) is -6.49. The van der Waals surface area contributed by atoms with Gasteiger partial charge >= 0.3 is 45.1 Å². The van der Waals surface area contributed by atoms with Gasteiger partial charge in [0.15, 0.2) is 0 Å². The highest BCUT2D eigenvalue weighted by molar-refractivity contribution is 7.87. The number of ether oxygens (including phenoxy) is 2. The van der Waals surface area contributed by atoms with Crippen LogP contribution < -0.4 is 5.32 Å². The molecule has 1 aromatic carbocycles. The Hall–Kier alpha value is -2.72. The van der Waals surface area contributed by atoms with E-state index in [4.69, 9.17) is 4.55 Å². The number of carbonyl (C=O) groups is 2. The van der Waals surface area contributed by atoms with E-state index in [0.29, 0.717) is 0 Å². The molecular formula is C19H20F7NO7S. The topological polar surface area (TPSA) is 119 Å². The predicted molar refractivity (Wildman–Crippen MR) is 106 cm³/mol. The Kier molecular flexibility index (Phi) is 9.45. The minimum absolute atomic E-state index is 0.159. The smallest absolute Gasteiger partial charge is 0.412 e. The van der Waals surface area contributed by atoms with Crippen LogP contribution in [0.1, 0.15) is 26.2 Å². The van der Waals surface area contributed by atoms with Gasteiger partial charge in [0.2, 0.25) is 0 Å². The van der Waals surface area contributed by atoms with Crippen molar-refractivity contribution in [3.05, 3.63) is 42.5 Å². The van der Waals surface area contributed by atoms with Gasteiger partial charge in [0.05, 0.1) is 6.61 Å². The average molecular weight is 539 g/mol. The molecule has 0 heterocycles. The number of alkyl halides is 7. The van der Waals surface area contributed by atoms with Crippen LogP contribution in [0.25, 0.3) is 0 Å². The van der Waals surface area contributed by atoms with Crippen LogP contribution in [0.4, 0.5) is 36.4 Å².